The van der Waals surface area contributed by atoms with Crippen molar-refractivity contribution in [1.82, 2.24) is 19.1 Å². The van der Waals surface area contributed by atoms with Crippen molar-refractivity contribution in [3.05, 3.63) is 98.6 Å². The van der Waals surface area contributed by atoms with Gasteiger partial charge in [0.15, 0.2) is 6.29 Å². The summed E-state index contributed by atoms with van der Waals surface area (Å²) >= 11 is 2.32. The summed E-state index contributed by atoms with van der Waals surface area (Å²) in [5.74, 6) is -0.537. The van der Waals surface area contributed by atoms with E-state index in [1.807, 2.05) is 34.3 Å². The fourth-order valence-electron chi connectivity index (χ4n) is 6.82. The van der Waals surface area contributed by atoms with Gasteiger partial charge in [0.05, 0.1) is 44.7 Å². The number of ether oxygens (including phenoxy) is 1. The van der Waals surface area contributed by atoms with Crippen molar-refractivity contribution in [3.63, 3.8) is 0 Å². The number of hydrogen-bond acceptors (Lipinski definition) is 11. The maximum absolute atomic E-state index is 12.7. The zero-order valence-corrected chi connectivity index (χ0v) is 29.4. The lowest BCUT2D eigenvalue weighted by molar-refractivity contribution is 0.0702. The Hall–Kier alpha value is -6.58. The SMILES string of the molecule is CCOc1cccc2sc(C=O)c(-c3nc4cc(C(N)=O)ccc4n3CCn3c(-c4c(C(=O)O)sc5cccc(N=O)c45)nc4cc(C=O)ccc43)c12. The summed E-state index contributed by atoms with van der Waals surface area (Å²) in [4.78, 5) is 71.6. The number of carbonyl (C=O) groups excluding carboxylic acids is 3. The number of rotatable bonds is 12. The Morgan fingerprint density at radius 2 is 1.51 bits per heavy atom. The van der Waals surface area contributed by atoms with Gasteiger partial charge in [0.1, 0.15) is 34.2 Å². The number of aromatic nitrogens is 4. The normalized spacial score (nSPS) is 11.5. The van der Waals surface area contributed by atoms with E-state index in [2.05, 4.69) is 5.18 Å². The number of aldehydes is 2. The molecule has 0 saturated heterocycles. The number of amides is 1. The van der Waals surface area contributed by atoms with Crippen molar-refractivity contribution in [2.45, 2.75) is 20.0 Å². The van der Waals surface area contributed by atoms with Crippen LogP contribution in [0, 0.1) is 4.91 Å². The summed E-state index contributed by atoms with van der Waals surface area (Å²) in [5, 5.41) is 14.7. The van der Waals surface area contributed by atoms with E-state index in [0.717, 1.165) is 22.3 Å². The number of imidazole rings is 2. The van der Waals surface area contributed by atoms with Crippen LogP contribution in [0.2, 0.25) is 0 Å². The number of thiophene rings is 2. The number of hydrogen-bond donors (Lipinski definition) is 2. The molecule has 0 aliphatic rings. The van der Waals surface area contributed by atoms with Crippen LogP contribution in [-0.2, 0) is 13.1 Å². The summed E-state index contributed by atoms with van der Waals surface area (Å²) < 4.78 is 11.1. The molecule has 0 saturated carbocycles. The Bertz CT molecular complexity index is 2850. The van der Waals surface area contributed by atoms with Gasteiger partial charge in [-0.2, -0.15) is 0 Å². The quantitative estimate of drug-likeness (QED) is 0.0921. The van der Waals surface area contributed by atoms with Gasteiger partial charge in [-0.05, 0) is 72.8 Å². The first-order valence-electron chi connectivity index (χ1n) is 16.3. The standard InChI is InChI=1S/C38H26N6O7S2/c1-2-51-26-6-4-8-28-31(26)32(29(18-46)52-28)36-41-23-16-20(35(39)47)10-12-25(23)43(36)13-14-44-24-11-9-19(17-45)15-22(24)40-37(44)33-30-21(42-50)5-3-7-27(30)53-34(33)38(48)49/h3-12,15-18H,2,13-14H2,1H3,(H2,39,47)(H,48,49). The van der Waals surface area contributed by atoms with Crippen LogP contribution in [0.25, 0.3) is 65.0 Å². The van der Waals surface area contributed by atoms with Crippen molar-refractivity contribution < 1.29 is 29.0 Å². The molecule has 0 unspecified atom stereocenters. The summed E-state index contributed by atoms with van der Waals surface area (Å²) in [5.41, 5.74) is 9.28. The molecule has 0 fully saturated rings. The smallest absolute Gasteiger partial charge is 0.346 e. The van der Waals surface area contributed by atoms with Gasteiger partial charge in [0, 0.05) is 44.4 Å². The number of nitrogens with zero attached hydrogens (tertiary/aromatic N) is 5. The Labute approximate surface area is 306 Å². The first-order chi connectivity index (χ1) is 25.8. The first kappa shape index (κ1) is 33.6. The average molecular weight is 743 g/mol. The molecule has 0 aliphatic heterocycles. The van der Waals surface area contributed by atoms with Gasteiger partial charge in [0.25, 0.3) is 0 Å². The van der Waals surface area contributed by atoms with Crippen molar-refractivity contribution in [2.24, 2.45) is 10.9 Å². The second kappa shape index (κ2) is 13.2. The van der Waals surface area contributed by atoms with Gasteiger partial charge in [-0.25, -0.2) is 14.8 Å². The minimum atomic E-state index is -1.20. The van der Waals surface area contributed by atoms with Gasteiger partial charge in [0.2, 0.25) is 5.91 Å². The third-order valence-electron chi connectivity index (χ3n) is 9.03. The number of carboxylic acid groups (broad SMARTS) is 1. The van der Waals surface area contributed by atoms with Gasteiger partial charge in [-0.1, -0.05) is 12.1 Å². The van der Waals surface area contributed by atoms with Crippen molar-refractivity contribution >= 4 is 95.0 Å². The number of carbonyl (C=O) groups is 4. The number of carboxylic acids is 1. The third kappa shape index (κ3) is 5.44. The molecular weight excluding hydrogens is 717 g/mol. The molecule has 1 amide bonds. The second-order valence-corrected chi connectivity index (χ2v) is 14.1. The Kier molecular flexibility index (Phi) is 8.35. The number of nitrogens with two attached hydrogens (primary N) is 1. The van der Waals surface area contributed by atoms with E-state index in [-0.39, 0.29) is 40.6 Å². The van der Waals surface area contributed by atoms with Crippen molar-refractivity contribution in [2.75, 3.05) is 6.61 Å². The predicted molar refractivity (Wildman–Crippen MR) is 204 cm³/mol. The minimum Gasteiger partial charge on any atom is -0.493 e. The zero-order chi connectivity index (χ0) is 37.0. The lowest BCUT2D eigenvalue weighted by Gasteiger charge is -2.14. The maximum atomic E-state index is 12.7. The molecule has 4 aromatic carbocycles. The average Bonchev–Trinajstić information content (AvgIpc) is 3.93. The second-order valence-electron chi connectivity index (χ2n) is 12.0. The minimum absolute atomic E-state index is 0.0279. The van der Waals surface area contributed by atoms with Crippen LogP contribution >= 0.6 is 22.7 Å². The zero-order valence-electron chi connectivity index (χ0n) is 27.7. The molecule has 8 aromatic rings. The van der Waals surface area contributed by atoms with Crippen LogP contribution in [0.15, 0.2) is 78.0 Å². The number of fused-ring (bicyclic) bond motifs is 4. The summed E-state index contributed by atoms with van der Waals surface area (Å²) in [6.45, 7) is 2.66. The molecule has 15 heteroatoms. The lowest BCUT2D eigenvalue weighted by Crippen LogP contribution is -2.12. The molecule has 0 bridgehead atoms. The molecule has 53 heavy (non-hydrogen) atoms. The fraction of sp³-hybridized carbons (Fsp3) is 0.105. The molecule has 13 nitrogen and oxygen atoms in total. The van der Waals surface area contributed by atoms with E-state index >= 15 is 0 Å². The van der Waals surface area contributed by atoms with E-state index < -0.39 is 11.9 Å². The number of aryl methyl sites for hydroxylation is 2. The van der Waals surface area contributed by atoms with Gasteiger partial charge >= 0.3 is 5.97 Å². The topological polar surface area (TPSA) is 189 Å². The predicted octanol–water partition coefficient (Wildman–Crippen LogP) is 8.07. The van der Waals surface area contributed by atoms with E-state index in [1.54, 1.807) is 48.5 Å². The molecule has 3 N–H and O–H groups in total. The van der Waals surface area contributed by atoms with Crippen LogP contribution in [0.5, 0.6) is 5.75 Å². The number of aromatic carboxylic acids is 1. The van der Waals surface area contributed by atoms with Crippen molar-refractivity contribution in [1.29, 1.82) is 0 Å². The first-order valence-corrected chi connectivity index (χ1v) is 17.9. The number of nitroso groups, excluding NO2 is 1. The molecule has 0 spiro atoms. The molecule has 262 valence electrons. The molecule has 0 radical (unpaired) electrons. The Morgan fingerprint density at radius 1 is 0.849 bits per heavy atom. The van der Waals surface area contributed by atoms with Crippen LogP contribution in [0.1, 0.15) is 47.0 Å². The van der Waals surface area contributed by atoms with Gasteiger partial charge < -0.3 is 24.7 Å². The summed E-state index contributed by atoms with van der Waals surface area (Å²) in [6, 6.07) is 20.4. The molecular formula is C38H26N6O7S2. The molecule has 4 heterocycles. The van der Waals surface area contributed by atoms with Gasteiger partial charge in [-0.15, -0.1) is 27.6 Å². The van der Waals surface area contributed by atoms with E-state index in [9.17, 15) is 29.2 Å². The lowest BCUT2D eigenvalue weighted by atomic mass is 10.1. The number of primary amides is 1. The van der Waals surface area contributed by atoms with Crippen LogP contribution in [0.4, 0.5) is 5.69 Å². The van der Waals surface area contributed by atoms with Gasteiger partial charge in [-0.3, -0.25) is 14.4 Å². The highest BCUT2D eigenvalue weighted by atomic mass is 32.1. The fourth-order valence-corrected chi connectivity index (χ4v) is 8.91. The molecule has 0 atom stereocenters. The maximum Gasteiger partial charge on any atom is 0.346 e. The van der Waals surface area contributed by atoms with E-state index in [1.165, 1.54) is 17.4 Å². The third-order valence-corrected chi connectivity index (χ3v) is 11.3. The monoisotopic (exact) mass is 742 g/mol. The number of benzene rings is 4. The summed E-state index contributed by atoms with van der Waals surface area (Å²) in [7, 11) is 0. The van der Waals surface area contributed by atoms with Crippen LogP contribution in [-0.4, -0.2) is 55.3 Å². The summed E-state index contributed by atoms with van der Waals surface area (Å²) in [6.07, 6.45) is 1.49. The van der Waals surface area contributed by atoms with Crippen LogP contribution < -0.4 is 10.5 Å². The van der Waals surface area contributed by atoms with Crippen LogP contribution in [0.3, 0.4) is 0 Å². The molecule has 0 aliphatic carbocycles. The highest BCUT2D eigenvalue weighted by Gasteiger charge is 2.28. The van der Waals surface area contributed by atoms with Crippen molar-refractivity contribution in [3.8, 4) is 28.5 Å². The Morgan fingerprint density at radius 3 is 2.15 bits per heavy atom. The van der Waals surface area contributed by atoms with E-state index in [4.69, 9.17) is 20.4 Å². The Balaban J connectivity index is 1.38. The van der Waals surface area contributed by atoms with E-state index in [0.29, 0.717) is 78.0 Å². The highest BCUT2D eigenvalue weighted by molar-refractivity contribution is 7.21. The molecule has 4 aromatic heterocycles. The molecule has 8 rings (SSSR count). The highest BCUT2D eigenvalue weighted by Crippen LogP contribution is 2.45. The largest absolute Gasteiger partial charge is 0.493 e.